The van der Waals surface area contributed by atoms with Gasteiger partial charge in [0, 0.05) is 19.1 Å². The van der Waals surface area contributed by atoms with Crippen molar-refractivity contribution in [3.05, 3.63) is 29.3 Å². The van der Waals surface area contributed by atoms with Gasteiger partial charge in [0.25, 0.3) is 0 Å². The van der Waals surface area contributed by atoms with Crippen molar-refractivity contribution in [2.45, 2.75) is 46.3 Å². The summed E-state index contributed by atoms with van der Waals surface area (Å²) in [5.41, 5.74) is 2.29. The Morgan fingerprint density at radius 3 is 2.33 bits per heavy atom. The van der Waals surface area contributed by atoms with E-state index in [2.05, 4.69) is 38.7 Å². The molecule has 0 spiro atoms. The zero-order valence-corrected chi connectivity index (χ0v) is 14.0. The number of aliphatic hydroxyl groups excluding tert-OH is 1. The van der Waals surface area contributed by atoms with Crippen LogP contribution in [0.5, 0.6) is 5.75 Å². The van der Waals surface area contributed by atoms with Crippen LogP contribution < -0.4 is 4.74 Å². The molecule has 1 aliphatic rings. The maximum Gasteiger partial charge on any atom is 0.119 e. The van der Waals surface area contributed by atoms with Gasteiger partial charge in [0.2, 0.25) is 0 Å². The van der Waals surface area contributed by atoms with E-state index in [4.69, 9.17) is 4.74 Å². The fourth-order valence-corrected chi connectivity index (χ4v) is 3.32. The predicted molar refractivity (Wildman–Crippen MR) is 86.7 cm³/mol. The summed E-state index contributed by atoms with van der Waals surface area (Å²) >= 11 is 0. The van der Waals surface area contributed by atoms with Crippen LogP contribution in [-0.4, -0.2) is 36.2 Å². The van der Waals surface area contributed by atoms with Crippen molar-refractivity contribution in [2.75, 3.05) is 20.2 Å². The highest BCUT2D eigenvalue weighted by molar-refractivity contribution is 5.41. The molecule has 21 heavy (non-hydrogen) atoms. The van der Waals surface area contributed by atoms with Crippen molar-refractivity contribution in [2.24, 2.45) is 11.8 Å². The monoisotopic (exact) mass is 291 g/mol. The third kappa shape index (κ3) is 3.78. The molecule has 1 aliphatic carbocycles. The molecule has 0 amide bonds. The van der Waals surface area contributed by atoms with E-state index >= 15 is 0 Å². The summed E-state index contributed by atoms with van der Waals surface area (Å²) in [5.74, 6) is 2.04. The van der Waals surface area contributed by atoms with Crippen LogP contribution in [0, 0.1) is 11.8 Å². The number of nitrogens with zero attached hydrogens (tertiary/aromatic N) is 1. The Morgan fingerprint density at radius 1 is 1.19 bits per heavy atom. The zero-order valence-electron chi connectivity index (χ0n) is 14.0. The maximum atomic E-state index is 10.8. The van der Waals surface area contributed by atoms with Gasteiger partial charge in [0.15, 0.2) is 0 Å². The lowest BCUT2D eigenvalue weighted by Gasteiger charge is -2.33. The maximum absolute atomic E-state index is 10.8. The third-order valence-electron chi connectivity index (χ3n) is 4.13. The van der Waals surface area contributed by atoms with Gasteiger partial charge in [-0.25, -0.2) is 0 Å². The summed E-state index contributed by atoms with van der Waals surface area (Å²) in [6, 6.07) is 6.27. The van der Waals surface area contributed by atoms with Gasteiger partial charge in [-0.1, -0.05) is 33.8 Å². The molecule has 1 aromatic carbocycles. The van der Waals surface area contributed by atoms with Crippen LogP contribution in [-0.2, 0) is 6.42 Å². The Bertz CT molecular complexity index is 460. The van der Waals surface area contributed by atoms with E-state index in [0.717, 1.165) is 30.8 Å². The second-order valence-electron chi connectivity index (χ2n) is 7.02. The Kier molecular flexibility index (Phi) is 5.28. The standard InChI is InChI=1S/C18H29NO2/c1-12(2)10-19(11-13(3)4)17-8-14-6-7-15(21-5)9-16(14)18(17)20/h6-7,9,12-13,17-18,20H,8,10-11H2,1-5H3. The second-order valence-corrected chi connectivity index (χ2v) is 7.02. The summed E-state index contributed by atoms with van der Waals surface area (Å²) in [4.78, 5) is 2.46. The number of hydrogen-bond acceptors (Lipinski definition) is 3. The quantitative estimate of drug-likeness (QED) is 0.873. The summed E-state index contributed by atoms with van der Waals surface area (Å²) in [6.07, 6.45) is 0.521. The first-order valence-electron chi connectivity index (χ1n) is 8.01. The minimum Gasteiger partial charge on any atom is -0.497 e. The van der Waals surface area contributed by atoms with Crippen molar-refractivity contribution < 1.29 is 9.84 Å². The molecule has 0 radical (unpaired) electrons. The van der Waals surface area contributed by atoms with Gasteiger partial charge in [-0.3, -0.25) is 4.90 Å². The lowest BCUT2D eigenvalue weighted by Crippen LogP contribution is -2.42. The van der Waals surface area contributed by atoms with Crippen molar-refractivity contribution in [1.29, 1.82) is 0 Å². The summed E-state index contributed by atoms with van der Waals surface area (Å²) in [7, 11) is 1.67. The average molecular weight is 291 g/mol. The van der Waals surface area contributed by atoms with E-state index in [1.54, 1.807) is 7.11 Å². The molecule has 0 aromatic heterocycles. The van der Waals surface area contributed by atoms with E-state index in [1.807, 2.05) is 12.1 Å². The highest BCUT2D eigenvalue weighted by Gasteiger charge is 2.35. The minimum absolute atomic E-state index is 0.192. The number of rotatable bonds is 6. The first kappa shape index (κ1) is 16.3. The Hall–Kier alpha value is -1.06. The molecule has 0 heterocycles. The molecule has 0 saturated carbocycles. The topological polar surface area (TPSA) is 32.7 Å². The fraction of sp³-hybridized carbons (Fsp3) is 0.667. The van der Waals surface area contributed by atoms with Crippen LogP contribution in [0.4, 0.5) is 0 Å². The molecule has 2 atom stereocenters. The third-order valence-corrected chi connectivity index (χ3v) is 4.13. The molecule has 0 bridgehead atoms. The van der Waals surface area contributed by atoms with Crippen molar-refractivity contribution in [3.8, 4) is 5.75 Å². The number of methoxy groups -OCH3 is 1. The molecule has 1 aromatic rings. The van der Waals surface area contributed by atoms with Crippen LogP contribution in [0.2, 0.25) is 0 Å². The van der Waals surface area contributed by atoms with E-state index in [0.29, 0.717) is 11.8 Å². The van der Waals surface area contributed by atoms with Gasteiger partial charge in [-0.15, -0.1) is 0 Å². The second kappa shape index (κ2) is 6.80. The largest absolute Gasteiger partial charge is 0.497 e. The van der Waals surface area contributed by atoms with Crippen LogP contribution in [0.15, 0.2) is 18.2 Å². The van der Waals surface area contributed by atoms with Gasteiger partial charge in [-0.2, -0.15) is 0 Å². The molecule has 118 valence electrons. The predicted octanol–water partition coefficient (Wildman–Crippen LogP) is 3.27. The van der Waals surface area contributed by atoms with Crippen LogP contribution in [0.1, 0.15) is 44.9 Å². The highest BCUT2D eigenvalue weighted by atomic mass is 16.5. The molecule has 2 rings (SSSR count). The summed E-state index contributed by atoms with van der Waals surface area (Å²) in [5, 5.41) is 10.8. The molecule has 0 saturated heterocycles. The first-order valence-corrected chi connectivity index (χ1v) is 8.01. The van der Waals surface area contributed by atoms with E-state index < -0.39 is 6.10 Å². The van der Waals surface area contributed by atoms with Gasteiger partial charge < -0.3 is 9.84 Å². The van der Waals surface area contributed by atoms with Crippen molar-refractivity contribution >= 4 is 0 Å². The Morgan fingerprint density at radius 2 is 1.81 bits per heavy atom. The molecule has 2 unspecified atom stereocenters. The molecule has 0 aliphatic heterocycles. The van der Waals surface area contributed by atoms with Crippen LogP contribution >= 0.6 is 0 Å². The molecular weight excluding hydrogens is 262 g/mol. The Labute approximate surface area is 128 Å². The SMILES string of the molecule is COc1ccc2c(c1)C(O)C(N(CC(C)C)CC(C)C)C2. The number of fused-ring (bicyclic) bond motifs is 1. The van der Waals surface area contributed by atoms with Crippen molar-refractivity contribution in [3.63, 3.8) is 0 Å². The lowest BCUT2D eigenvalue weighted by molar-refractivity contribution is 0.0467. The molecule has 3 heteroatoms. The molecule has 0 fully saturated rings. The smallest absolute Gasteiger partial charge is 0.119 e. The van der Waals surface area contributed by atoms with Crippen molar-refractivity contribution in [1.82, 2.24) is 4.90 Å². The van der Waals surface area contributed by atoms with E-state index in [9.17, 15) is 5.11 Å². The Balaban J connectivity index is 2.20. The minimum atomic E-state index is -0.410. The number of hydrogen-bond donors (Lipinski definition) is 1. The number of aliphatic hydroxyl groups is 1. The lowest BCUT2D eigenvalue weighted by atomic mass is 10.0. The normalized spacial score (nSPS) is 21.4. The van der Waals surface area contributed by atoms with Gasteiger partial charge >= 0.3 is 0 Å². The number of benzene rings is 1. The zero-order chi connectivity index (χ0) is 15.6. The highest BCUT2D eigenvalue weighted by Crippen LogP contribution is 2.37. The van der Waals surface area contributed by atoms with Crippen LogP contribution in [0.3, 0.4) is 0 Å². The fourth-order valence-electron chi connectivity index (χ4n) is 3.32. The summed E-state index contributed by atoms with van der Waals surface area (Å²) < 4.78 is 5.29. The summed E-state index contributed by atoms with van der Waals surface area (Å²) in [6.45, 7) is 11.0. The van der Waals surface area contributed by atoms with E-state index in [1.165, 1.54) is 5.56 Å². The van der Waals surface area contributed by atoms with Crippen LogP contribution in [0.25, 0.3) is 0 Å². The van der Waals surface area contributed by atoms with E-state index in [-0.39, 0.29) is 6.04 Å². The number of ether oxygens (including phenoxy) is 1. The van der Waals surface area contributed by atoms with Gasteiger partial charge in [0.05, 0.1) is 13.2 Å². The first-order chi connectivity index (χ1) is 9.92. The molecule has 3 nitrogen and oxygen atoms in total. The molecular formula is C18H29NO2. The van der Waals surface area contributed by atoms with Gasteiger partial charge in [-0.05, 0) is 41.5 Å². The van der Waals surface area contributed by atoms with Gasteiger partial charge in [0.1, 0.15) is 5.75 Å². The average Bonchev–Trinajstić information content (AvgIpc) is 2.74. The molecule has 1 N–H and O–H groups in total.